The molecule has 0 bridgehead atoms. The Morgan fingerprint density at radius 3 is 2.71 bits per heavy atom. The molecule has 1 aromatic carbocycles. The molecule has 0 aliphatic heterocycles. The number of halogens is 1. The summed E-state index contributed by atoms with van der Waals surface area (Å²) in [5.41, 5.74) is 2.95. The van der Waals surface area contributed by atoms with Gasteiger partial charge in [0.25, 0.3) is 0 Å². The first-order chi connectivity index (χ1) is 10.1. The summed E-state index contributed by atoms with van der Waals surface area (Å²) in [5, 5.41) is 8.52. The van der Waals surface area contributed by atoms with Crippen LogP contribution in [0.5, 0.6) is 11.5 Å². The Morgan fingerprint density at radius 2 is 2.10 bits per heavy atom. The summed E-state index contributed by atoms with van der Waals surface area (Å²) in [5.74, 6) is 1.52. The minimum Gasteiger partial charge on any atom is -0.452 e. The fraction of sp³-hybridized carbons (Fsp3) is 0.438. The molecule has 112 valence electrons. The predicted molar refractivity (Wildman–Crippen MR) is 84.1 cm³/mol. The highest BCUT2D eigenvalue weighted by molar-refractivity contribution is 6.32. The minimum atomic E-state index is 0.632. The summed E-state index contributed by atoms with van der Waals surface area (Å²) in [7, 11) is 1.91. The van der Waals surface area contributed by atoms with Gasteiger partial charge in [-0.1, -0.05) is 23.7 Å². The third-order valence-electron chi connectivity index (χ3n) is 3.85. The number of hydrogen-bond acceptors (Lipinski definition) is 3. The molecule has 5 heteroatoms. The minimum absolute atomic E-state index is 0.632. The van der Waals surface area contributed by atoms with Crippen LogP contribution >= 0.6 is 11.6 Å². The van der Waals surface area contributed by atoms with Crippen molar-refractivity contribution in [1.82, 2.24) is 15.1 Å². The fourth-order valence-electron chi connectivity index (χ4n) is 2.35. The zero-order valence-electron chi connectivity index (χ0n) is 12.6. The van der Waals surface area contributed by atoms with Crippen LogP contribution in [0.15, 0.2) is 18.2 Å². The first-order valence-corrected chi connectivity index (χ1v) is 7.63. The first-order valence-electron chi connectivity index (χ1n) is 7.25. The van der Waals surface area contributed by atoms with Crippen molar-refractivity contribution in [3.05, 3.63) is 40.2 Å². The van der Waals surface area contributed by atoms with Crippen molar-refractivity contribution in [3.8, 4) is 11.5 Å². The molecule has 1 N–H and O–H groups in total. The molecule has 21 heavy (non-hydrogen) atoms. The molecule has 1 fully saturated rings. The number of nitrogens with one attached hydrogen (secondary N) is 1. The molecule has 0 unspecified atom stereocenters. The van der Waals surface area contributed by atoms with Gasteiger partial charge in [0.2, 0.25) is 0 Å². The Bertz CT molecular complexity index is 662. The van der Waals surface area contributed by atoms with Gasteiger partial charge in [0.05, 0.1) is 10.7 Å². The van der Waals surface area contributed by atoms with Gasteiger partial charge in [-0.3, -0.25) is 4.68 Å². The number of hydrogen-bond donors (Lipinski definition) is 1. The molecule has 2 aromatic rings. The van der Waals surface area contributed by atoms with Crippen LogP contribution in [0.2, 0.25) is 5.02 Å². The van der Waals surface area contributed by atoms with E-state index in [0.717, 1.165) is 35.0 Å². The van der Waals surface area contributed by atoms with E-state index in [4.69, 9.17) is 16.3 Å². The fourth-order valence-corrected chi connectivity index (χ4v) is 2.59. The van der Waals surface area contributed by atoms with Crippen molar-refractivity contribution < 1.29 is 4.74 Å². The average molecular weight is 306 g/mol. The zero-order chi connectivity index (χ0) is 15.0. The molecule has 0 atom stereocenters. The highest BCUT2D eigenvalue weighted by atomic mass is 35.5. The van der Waals surface area contributed by atoms with E-state index in [0.29, 0.717) is 11.1 Å². The molecule has 1 saturated carbocycles. The number of ether oxygens (including phenoxy) is 1. The summed E-state index contributed by atoms with van der Waals surface area (Å²) in [6.45, 7) is 4.72. The van der Waals surface area contributed by atoms with Crippen LogP contribution in [0.3, 0.4) is 0 Å². The van der Waals surface area contributed by atoms with Crippen molar-refractivity contribution in [2.45, 2.75) is 39.3 Å². The standard InChI is InChI=1S/C16H20ClN3O/c1-10-15(11(2)20(3)19-10)21-16-12(5-4-6-14(16)17)9-18-13-7-8-13/h4-6,13,18H,7-9H2,1-3H3. The highest BCUT2D eigenvalue weighted by Crippen LogP contribution is 2.36. The quantitative estimate of drug-likeness (QED) is 0.914. The van der Waals surface area contributed by atoms with E-state index in [9.17, 15) is 0 Å². The second kappa shape index (κ2) is 5.70. The van der Waals surface area contributed by atoms with E-state index < -0.39 is 0 Å². The monoisotopic (exact) mass is 305 g/mol. The Labute approximate surface area is 130 Å². The number of rotatable bonds is 5. The summed E-state index contributed by atoms with van der Waals surface area (Å²) in [6, 6.07) is 6.52. The lowest BCUT2D eigenvalue weighted by Crippen LogP contribution is -2.15. The predicted octanol–water partition coefficient (Wildman–Crippen LogP) is 3.73. The highest BCUT2D eigenvalue weighted by Gasteiger charge is 2.22. The van der Waals surface area contributed by atoms with E-state index in [1.54, 1.807) is 0 Å². The molecule has 0 amide bonds. The van der Waals surface area contributed by atoms with E-state index in [1.807, 2.05) is 37.7 Å². The Balaban J connectivity index is 1.89. The van der Waals surface area contributed by atoms with E-state index in [-0.39, 0.29) is 0 Å². The number of aryl methyl sites for hydroxylation is 2. The second-order valence-electron chi connectivity index (χ2n) is 5.61. The molecule has 1 aromatic heterocycles. The maximum Gasteiger partial charge on any atom is 0.171 e. The molecule has 1 aliphatic carbocycles. The summed E-state index contributed by atoms with van der Waals surface area (Å²) < 4.78 is 7.94. The maximum absolute atomic E-state index is 6.34. The van der Waals surface area contributed by atoms with Gasteiger partial charge in [0.1, 0.15) is 5.69 Å². The average Bonchev–Trinajstić information content (AvgIpc) is 3.23. The van der Waals surface area contributed by atoms with Gasteiger partial charge in [-0.25, -0.2) is 0 Å². The summed E-state index contributed by atoms with van der Waals surface area (Å²) in [4.78, 5) is 0. The molecule has 0 saturated heterocycles. The van der Waals surface area contributed by atoms with E-state index in [2.05, 4.69) is 16.5 Å². The molecule has 3 rings (SSSR count). The summed E-state index contributed by atoms with van der Waals surface area (Å²) >= 11 is 6.34. The van der Waals surface area contributed by atoms with Crippen LogP contribution in [-0.2, 0) is 13.6 Å². The van der Waals surface area contributed by atoms with Gasteiger partial charge in [-0.15, -0.1) is 0 Å². The number of aromatic nitrogens is 2. The van der Waals surface area contributed by atoms with Crippen molar-refractivity contribution in [1.29, 1.82) is 0 Å². The lowest BCUT2D eigenvalue weighted by molar-refractivity contribution is 0.465. The number of benzene rings is 1. The van der Waals surface area contributed by atoms with Crippen LogP contribution in [0.4, 0.5) is 0 Å². The topological polar surface area (TPSA) is 39.1 Å². The van der Waals surface area contributed by atoms with Gasteiger partial charge in [-0.05, 0) is 32.8 Å². The van der Waals surface area contributed by atoms with Crippen LogP contribution in [0, 0.1) is 13.8 Å². The second-order valence-corrected chi connectivity index (χ2v) is 6.02. The smallest absolute Gasteiger partial charge is 0.171 e. The third-order valence-corrected chi connectivity index (χ3v) is 4.15. The lowest BCUT2D eigenvalue weighted by Gasteiger charge is -2.13. The van der Waals surface area contributed by atoms with Gasteiger partial charge in [0, 0.05) is 25.2 Å². The lowest BCUT2D eigenvalue weighted by atomic mass is 10.2. The van der Waals surface area contributed by atoms with E-state index >= 15 is 0 Å². The molecular formula is C16H20ClN3O. The Kier molecular flexibility index (Phi) is 3.91. The van der Waals surface area contributed by atoms with Crippen LogP contribution in [0.25, 0.3) is 0 Å². The van der Waals surface area contributed by atoms with E-state index in [1.165, 1.54) is 12.8 Å². The zero-order valence-corrected chi connectivity index (χ0v) is 13.4. The molecule has 0 spiro atoms. The molecule has 0 radical (unpaired) electrons. The van der Waals surface area contributed by atoms with Crippen LogP contribution < -0.4 is 10.1 Å². The van der Waals surface area contributed by atoms with Crippen molar-refractivity contribution >= 4 is 11.6 Å². The summed E-state index contributed by atoms with van der Waals surface area (Å²) in [6.07, 6.45) is 2.52. The maximum atomic E-state index is 6.34. The first kappa shape index (κ1) is 14.4. The van der Waals surface area contributed by atoms with Gasteiger partial charge < -0.3 is 10.1 Å². The SMILES string of the molecule is Cc1nn(C)c(C)c1Oc1c(Cl)cccc1CNC1CC1. The molecule has 1 aliphatic rings. The Hall–Kier alpha value is -1.52. The van der Waals surface area contributed by atoms with Crippen molar-refractivity contribution in [2.24, 2.45) is 7.05 Å². The molecular weight excluding hydrogens is 286 g/mol. The molecule has 1 heterocycles. The van der Waals surface area contributed by atoms with Gasteiger partial charge in [-0.2, -0.15) is 5.10 Å². The third kappa shape index (κ3) is 3.06. The number of nitrogens with zero attached hydrogens (tertiary/aromatic N) is 2. The van der Waals surface area contributed by atoms with Gasteiger partial charge >= 0.3 is 0 Å². The van der Waals surface area contributed by atoms with Gasteiger partial charge in [0.15, 0.2) is 11.5 Å². The number of para-hydroxylation sites is 1. The van der Waals surface area contributed by atoms with Crippen molar-refractivity contribution in [2.75, 3.05) is 0 Å². The molecule has 4 nitrogen and oxygen atoms in total. The largest absolute Gasteiger partial charge is 0.452 e. The Morgan fingerprint density at radius 1 is 1.33 bits per heavy atom. The van der Waals surface area contributed by atoms with Crippen LogP contribution in [0.1, 0.15) is 29.8 Å². The van der Waals surface area contributed by atoms with Crippen molar-refractivity contribution in [3.63, 3.8) is 0 Å². The normalized spacial score (nSPS) is 14.5. The van der Waals surface area contributed by atoms with Crippen LogP contribution in [-0.4, -0.2) is 15.8 Å².